The van der Waals surface area contributed by atoms with Crippen LogP contribution in [0.1, 0.15) is 37.4 Å². The van der Waals surface area contributed by atoms with Gasteiger partial charge in [-0.2, -0.15) is 0 Å². The third kappa shape index (κ3) is 5.93. The molecular weight excluding hydrogens is 436 g/mol. The van der Waals surface area contributed by atoms with Crippen molar-refractivity contribution in [2.75, 3.05) is 17.5 Å². The standard InChI is InChI=1S/C26H30N2O4S/c1-4-23(21-11-7-6-8-12-21)27-26(29)19-28(24-13-9-10-14-25(24)32-5-2)33(30,31)22-17-15-20(3)16-18-22/h6-18,23H,4-5,19H2,1-3H3,(H,27,29)/t23-/m1/s1. The Kier molecular flexibility index (Phi) is 8.11. The second kappa shape index (κ2) is 11.0. The average Bonchev–Trinajstić information content (AvgIpc) is 2.82. The highest BCUT2D eigenvalue weighted by atomic mass is 32.2. The lowest BCUT2D eigenvalue weighted by Gasteiger charge is -2.27. The van der Waals surface area contributed by atoms with Crippen LogP contribution in [0.3, 0.4) is 0 Å². The van der Waals surface area contributed by atoms with Gasteiger partial charge in [0.1, 0.15) is 12.3 Å². The molecule has 174 valence electrons. The SMILES string of the molecule is CCOc1ccccc1N(CC(=O)N[C@H](CC)c1ccccc1)S(=O)(=O)c1ccc(C)cc1. The Morgan fingerprint density at radius 3 is 2.21 bits per heavy atom. The molecule has 0 unspecified atom stereocenters. The third-order valence-electron chi connectivity index (χ3n) is 5.28. The summed E-state index contributed by atoms with van der Waals surface area (Å²) in [4.78, 5) is 13.2. The Morgan fingerprint density at radius 2 is 1.58 bits per heavy atom. The van der Waals surface area contributed by atoms with E-state index in [1.807, 2.05) is 51.1 Å². The summed E-state index contributed by atoms with van der Waals surface area (Å²) < 4.78 is 34.1. The molecule has 0 aliphatic carbocycles. The van der Waals surface area contributed by atoms with Gasteiger partial charge in [-0.05, 0) is 50.1 Å². The number of hydrogen-bond acceptors (Lipinski definition) is 4. The van der Waals surface area contributed by atoms with E-state index in [2.05, 4.69) is 5.32 Å². The molecule has 0 heterocycles. The van der Waals surface area contributed by atoms with Crippen LogP contribution in [0.2, 0.25) is 0 Å². The minimum Gasteiger partial charge on any atom is -0.492 e. The van der Waals surface area contributed by atoms with E-state index in [0.717, 1.165) is 15.4 Å². The van der Waals surface area contributed by atoms with Crippen LogP contribution in [-0.2, 0) is 14.8 Å². The molecule has 7 heteroatoms. The van der Waals surface area contributed by atoms with Gasteiger partial charge in [-0.25, -0.2) is 8.42 Å². The van der Waals surface area contributed by atoms with E-state index in [1.54, 1.807) is 48.5 Å². The van der Waals surface area contributed by atoms with E-state index in [4.69, 9.17) is 4.74 Å². The number of aryl methyl sites for hydroxylation is 1. The Morgan fingerprint density at radius 1 is 0.939 bits per heavy atom. The van der Waals surface area contributed by atoms with Crippen LogP contribution in [0.5, 0.6) is 5.75 Å². The maximum atomic E-state index is 13.7. The van der Waals surface area contributed by atoms with Crippen molar-refractivity contribution in [1.29, 1.82) is 0 Å². The second-order valence-electron chi connectivity index (χ2n) is 7.66. The predicted octanol–water partition coefficient (Wildman–Crippen LogP) is 4.86. The summed E-state index contributed by atoms with van der Waals surface area (Å²) in [5.41, 5.74) is 2.24. The van der Waals surface area contributed by atoms with E-state index >= 15 is 0 Å². The van der Waals surface area contributed by atoms with Gasteiger partial charge < -0.3 is 10.1 Å². The first kappa shape index (κ1) is 24.3. The first-order chi connectivity index (χ1) is 15.9. The van der Waals surface area contributed by atoms with Crippen LogP contribution in [-0.4, -0.2) is 27.5 Å². The maximum absolute atomic E-state index is 13.7. The minimum absolute atomic E-state index is 0.113. The van der Waals surface area contributed by atoms with Gasteiger partial charge in [-0.15, -0.1) is 0 Å². The number of para-hydroxylation sites is 2. The van der Waals surface area contributed by atoms with Crippen molar-refractivity contribution in [1.82, 2.24) is 5.32 Å². The molecule has 6 nitrogen and oxygen atoms in total. The van der Waals surface area contributed by atoms with Gasteiger partial charge in [-0.3, -0.25) is 9.10 Å². The summed E-state index contributed by atoms with van der Waals surface area (Å²) in [5, 5.41) is 2.98. The molecule has 0 spiro atoms. The summed E-state index contributed by atoms with van der Waals surface area (Å²) >= 11 is 0. The lowest BCUT2D eigenvalue weighted by Crippen LogP contribution is -2.42. The molecule has 0 saturated carbocycles. The van der Waals surface area contributed by atoms with E-state index < -0.39 is 15.9 Å². The van der Waals surface area contributed by atoms with Crippen LogP contribution in [0, 0.1) is 6.92 Å². The quantitative estimate of drug-likeness (QED) is 0.463. The number of hydrogen-bond donors (Lipinski definition) is 1. The van der Waals surface area contributed by atoms with Crippen molar-refractivity contribution >= 4 is 21.6 Å². The van der Waals surface area contributed by atoms with Crippen LogP contribution >= 0.6 is 0 Å². The number of anilines is 1. The van der Waals surface area contributed by atoms with Gasteiger partial charge in [0, 0.05) is 0 Å². The highest BCUT2D eigenvalue weighted by molar-refractivity contribution is 7.92. The number of rotatable bonds is 10. The van der Waals surface area contributed by atoms with Crippen molar-refractivity contribution in [3.8, 4) is 5.75 Å². The molecule has 1 N–H and O–H groups in total. The summed E-state index contributed by atoms with van der Waals surface area (Å²) in [6, 6.07) is 22.8. The molecule has 3 aromatic rings. The van der Waals surface area contributed by atoms with Crippen molar-refractivity contribution in [2.45, 2.75) is 38.1 Å². The van der Waals surface area contributed by atoms with Crippen molar-refractivity contribution in [2.24, 2.45) is 0 Å². The molecule has 1 atom stereocenters. The zero-order valence-electron chi connectivity index (χ0n) is 19.2. The largest absolute Gasteiger partial charge is 0.492 e. The third-order valence-corrected chi connectivity index (χ3v) is 7.05. The fourth-order valence-electron chi connectivity index (χ4n) is 3.55. The molecule has 1 amide bonds. The maximum Gasteiger partial charge on any atom is 0.264 e. The number of nitrogens with one attached hydrogen (secondary N) is 1. The second-order valence-corrected chi connectivity index (χ2v) is 9.53. The van der Waals surface area contributed by atoms with Gasteiger partial charge in [0.15, 0.2) is 0 Å². The Hall–Kier alpha value is -3.32. The first-order valence-electron chi connectivity index (χ1n) is 11.0. The number of sulfonamides is 1. The number of carbonyl (C=O) groups excluding carboxylic acids is 1. The van der Waals surface area contributed by atoms with Gasteiger partial charge in [0.05, 0.1) is 23.2 Å². The Balaban J connectivity index is 1.97. The van der Waals surface area contributed by atoms with Crippen molar-refractivity contribution < 1.29 is 17.9 Å². The number of benzene rings is 3. The number of ether oxygens (including phenoxy) is 1. The van der Waals surface area contributed by atoms with E-state index in [-0.39, 0.29) is 17.5 Å². The molecule has 0 aliphatic heterocycles. The molecule has 0 radical (unpaired) electrons. The van der Waals surface area contributed by atoms with E-state index in [0.29, 0.717) is 24.5 Å². The Bertz CT molecular complexity index is 1160. The zero-order valence-corrected chi connectivity index (χ0v) is 20.0. The van der Waals surface area contributed by atoms with Gasteiger partial charge in [-0.1, -0.05) is 67.1 Å². The fourth-order valence-corrected chi connectivity index (χ4v) is 4.99. The topological polar surface area (TPSA) is 75.7 Å². The van der Waals surface area contributed by atoms with E-state index in [9.17, 15) is 13.2 Å². The highest BCUT2D eigenvalue weighted by Crippen LogP contribution is 2.32. The summed E-state index contributed by atoms with van der Waals surface area (Å²) in [7, 11) is -4.02. The summed E-state index contributed by atoms with van der Waals surface area (Å²) in [6.45, 7) is 5.69. The monoisotopic (exact) mass is 466 g/mol. The number of nitrogens with zero attached hydrogens (tertiary/aromatic N) is 1. The van der Waals surface area contributed by atoms with Crippen LogP contribution < -0.4 is 14.4 Å². The molecule has 33 heavy (non-hydrogen) atoms. The normalized spacial score (nSPS) is 12.1. The van der Waals surface area contributed by atoms with Gasteiger partial charge >= 0.3 is 0 Å². The van der Waals surface area contributed by atoms with Crippen LogP contribution in [0.4, 0.5) is 5.69 Å². The molecule has 0 bridgehead atoms. The lowest BCUT2D eigenvalue weighted by atomic mass is 10.0. The number of carbonyl (C=O) groups is 1. The van der Waals surface area contributed by atoms with Crippen molar-refractivity contribution in [3.63, 3.8) is 0 Å². The molecular formula is C26H30N2O4S. The van der Waals surface area contributed by atoms with E-state index in [1.165, 1.54) is 0 Å². The molecule has 3 rings (SSSR count). The predicted molar refractivity (Wildman–Crippen MR) is 131 cm³/mol. The first-order valence-corrected chi connectivity index (χ1v) is 12.5. The zero-order chi connectivity index (χ0) is 23.8. The van der Waals surface area contributed by atoms with Crippen LogP contribution in [0.15, 0.2) is 83.8 Å². The summed E-state index contributed by atoms with van der Waals surface area (Å²) in [6.07, 6.45) is 0.677. The number of amides is 1. The fraction of sp³-hybridized carbons (Fsp3) is 0.269. The average molecular weight is 467 g/mol. The molecule has 0 saturated heterocycles. The lowest BCUT2D eigenvalue weighted by molar-refractivity contribution is -0.120. The van der Waals surface area contributed by atoms with Crippen LogP contribution in [0.25, 0.3) is 0 Å². The molecule has 3 aromatic carbocycles. The van der Waals surface area contributed by atoms with Crippen molar-refractivity contribution in [3.05, 3.63) is 90.0 Å². The Labute approximate surface area is 196 Å². The molecule has 0 aromatic heterocycles. The van der Waals surface area contributed by atoms with Gasteiger partial charge in [0.25, 0.3) is 10.0 Å². The minimum atomic E-state index is -4.02. The highest BCUT2D eigenvalue weighted by Gasteiger charge is 2.30. The molecule has 0 aliphatic rings. The smallest absolute Gasteiger partial charge is 0.264 e. The summed E-state index contributed by atoms with van der Waals surface area (Å²) in [5.74, 6) is 0.00581. The molecule has 0 fully saturated rings. The van der Waals surface area contributed by atoms with Gasteiger partial charge in [0.2, 0.25) is 5.91 Å².